The van der Waals surface area contributed by atoms with Crippen LogP contribution in [0.4, 0.5) is 0 Å². The van der Waals surface area contributed by atoms with E-state index in [1.54, 1.807) is 0 Å². The molecule has 162 valence electrons. The topological polar surface area (TPSA) is 62.5 Å². The summed E-state index contributed by atoms with van der Waals surface area (Å²) in [6.45, 7) is 8.64. The molecule has 0 unspecified atom stereocenters. The van der Waals surface area contributed by atoms with Crippen LogP contribution < -0.4 is 0 Å². The second-order valence-electron chi connectivity index (χ2n) is 8.08. The zero-order valence-electron chi connectivity index (χ0n) is 18.0. The number of amides is 1. The fraction of sp³-hybridized carbons (Fsp3) is 0.375. The van der Waals surface area contributed by atoms with Gasteiger partial charge < -0.3 is 9.32 Å². The van der Waals surface area contributed by atoms with Crippen molar-refractivity contribution < 1.29 is 9.21 Å². The highest BCUT2D eigenvalue weighted by molar-refractivity contribution is 7.99. The van der Waals surface area contributed by atoms with Gasteiger partial charge in [-0.2, -0.15) is 0 Å². The van der Waals surface area contributed by atoms with E-state index in [1.807, 2.05) is 35.2 Å². The number of aromatic nitrogens is 2. The second kappa shape index (κ2) is 10.1. The molecular formula is C24H28N4O2S. The van der Waals surface area contributed by atoms with Crippen LogP contribution in [0.5, 0.6) is 0 Å². The Morgan fingerprint density at radius 2 is 1.71 bits per heavy atom. The molecule has 0 aliphatic carbocycles. The van der Waals surface area contributed by atoms with Gasteiger partial charge in [-0.3, -0.25) is 9.69 Å². The third-order valence-electron chi connectivity index (χ3n) is 5.52. The zero-order valence-corrected chi connectivity index (χ0v) is 18.8. The van der Waals surface area contributed by atoms with Crippen molar-refractivity contribution in [1.29, 1.82) is 0 Å². The first-order chi connectivity index (χ1) is 15.1. The number of carbonyl (C=O) groups is 1. The number of benzene rings is 2. The maximum absolute atomic E-state index is 12.6. The van der Waals surface area contributed by atoms with Crippen LogP contribution in [0.1, 0.15) is 30.9 Å². The lowest BCUT2D eigenvalue weighted by Crippen LogP contribution is -2.48. The highest BCUT2D eigenvalue weighted by Crippen LogP contribution is 2.23. The van der Waals surface area contributed by atoms with Crippen LogP contribution in [0.2, 0.25) is 0 Å². The predicted molar refractivity (Wildman–Crippen MR) is 123 cm³/mol. The van der Waals surface area contributed by atoms with Gasteiger partial charge in [0.2, 0.25) is 11.8 Å². The minimum absolute atomic E-state index is 0.116. The fourth-order valence-electron chi connectivity index (χ4n) is 3.60. The molecule has 0 spiro atoms. The lowest BCUT2D eigenvalue weighted by atomic mass is 10.0. The molecule has 1 aromatic heterocycles. The van der Waals surface area contributed by atoms with Crippen LogP contribution in [-0.2, 0) is 11.3 Å². The molecule has 1 fully saturated rings. The Labute approximate surface area is 187 Å². The van der Waals surface area contributed by atoms with E-state index in [0.29, 0.717) is 22.8 Å². The van der Waals surface area contributed by atoms with E-state index in [4.69, 9.17) is 4.42 Å². The van der Waals surface area contributed by atoms with Gasteiger partial charge in [-0.25, -0.2) is 0 Å². The van der Waals surface area contributed by atoms with Gasteiger partial charge in [0.05, 0.1) is 5.75 Å². The van der Waals surface area contributed by atoms with Gasteiger partial charge >= 0.3 is 0 Å². The number of nitrogens with zero attached hydrogens (tertiary/aromatic N) is 4. The molecule has 0 atom stereocenters. The summed E-state index contributed by atoms with van der Waals surface area (Å²) in [4.78, 5) is 16.9. The molecule has 1 amide bonds. The molecule has 1 saturated heterocycles. The highest BCUT2D eigenvalue weighted by Gasteiger charge is 2.22. The van der Waals surface area contributed by atoms with Gasteiger partial charge in [0.25, 0.3) is 5.22 Å². The summed E-state index contributed by atoms with van der Waals surface area (Å²) in [5.74, 6) is 1.46. The summed E-state index contributed by atoms with van der Waals surface area (Å²) < 4.78 is 5.68. The van der Waals surface area contributed by atoms with E-state index in [2.05, 4.69) is 53.2 Å². The van der Waals surface area contributed by atoms with Crippen LogP contribution >= 0.6 is 11.8 Å². The maximum Gasteiger partial charge on any atom is 0.277 e. The lowest BCUT2D eigenvalue weighted by molar-refractivity contribution is -0.130. The number of carbonyl (C=O) groups excluding carboxylic acids is 1. The van der Waals surface area contributed by atoms with Gasteiger partial charge in [-0.15, -0.1) is 10.2 Å². The van der Waals surface area contributed by atoms with Gasteiger partial charge in [0.1, 0.15) is 0 Å². The average molecular weight is 437 g/mol. The minimum Gasteiger partial charge on any atom is -0.411 e. The molecule has 7 heteroatoms. The standard InChI is InChI=1S/C24H28N4O2S/c1-18(2)20-10-8-19(9-11-20)16-27-12-14-28(15-13-27)22(29)17-31-24-26-25-23(30-24)21-6-4-3-5-7-21/h3-11,18H,12-17H2,1-2H3. The molecule has 2 heterocycles. The molecule has 2 aromatic carbocycles. The molecule has 3 aromatic rings. The number of thioether (sulfide) groups is 1. The van der Waals surface area contributed by atoms with Crippen LogP contribution in [0.25, 0.3) is 11.5 Å². The molecule has 6 nitrogen and oxygen atoms in total. The summed E-state index contributed by atoms with van der Waals surface area (Å²) in [5.41, 5.74) is 3.57. The fourth-order valence-corrected chi connectivity index (χ4v) is 4.27. The Kier molecular flexibility index (Phi) is 7.04. The molecule has 1 aliphatic heterocycles. The quantitative estimate of drug-likeness (QED) is 0.515. The van der Waals surface area contributed by atoms with E-state index in [0.717, 1.165) is 38.3 Å². The van der Waals surface area contributed by atoms with Gasteiger partial charge in [-0.05, 0) is 29.2 Å². The summed E-state index contributed by atoms with van der Waals surface area (Å²) in [6, 6.07) is 18.5. The minimum atomic E-state index is 0.116. The first-order valence-electron chi connectivity index (χ1n) is 10.7. The van der Waals surface area contributed by atoms with Crippen LogP contribution in [0.15, 0.2) is 64.2 Å². The summed E-state index contributed by atoms with van der Waals surface area (Å²) in [5, 5.41) is 8.55. The Hall–Kier alpha value is -2.64. The van der Waals surface area contributed by atoms with Crippen LogP contribution in [0, 0.1) is 0 Å². The van der Waals surface area contributed by atoms with E-state index in [9.17, 15) is 4.79 Å². The maximum atomic E-state index is 12.6. The van der Waals surface area contributed by atoms with E-state index in [-0.39, 0.29) is 5.91 Å². The van der Waals surface area contributed by atoms with Gasteiger partial charge in [0, 0.05) is 38.3 Å². The zero-order chi connectivity index (χ0) is 21.6. The molecule has 0 bridgehead atoms. The summed E-state index contributed by atoms with van der Waals surface area (Å²) in [6.07, 6.45) is 0. The third kappa shape index (κ3) is 5.74. The Balaban J connectivity index is 1.22. The summed E-state index contributed by atoms with van der Waals surface area (Å²) in [7, 11) is 0. The molecular weight excluding hydrogens is 408 g/mol. The SMILES string of the molecule is CC(C)c1ccc(CN2CCN(C(=O)CSc3nnc(-c4ccccc4)o3)CC2)cc1. The van der Waals surface area contributed by atoms with Crippen molar-refractivity contribution in [3.63, 3.8) is 0 Å². The molecule has 0 N–H and O–H groups in total. The predicted octanol–water partition coefficient (Wildman–Crippen LogP) is 4.30. The number of rotatable bonds is 7. The van der Waals surface area contributed by atoms with E-state index < -0.39 is 0 Å². The molecule has 0 saturated carbocycles. The number of hydrogen-bond acceptors (Lipinski definition) is 6. The van der Waals surface area contributed by atoms with E-state index >= 15 is 0 Å². The van der Waals surface area contributed by atoms with Gasteiger partial charge in [-0.1, -0.05) is 68.1 Å². The lowest BCUT2D eigenvalue weighted by Gasteiger charge is -2.34. The highest BCUT2D eigenvalue weighted by atomic mass is 32.2. The number of piperazine rings is 1. The van der Waals surface area contributed by atoms with Crippen molar-refractivity contribution in [3.8, 4) is 11.5 Å². The first kappa shape index (κ1) is 21.6. The van der Waals surface area contributed by atoms with Crippen LogP contribution in [0.3, 0.4) is 0 Å². The molecule has 0 radical (unpaired) electrons. The molecule has 31 heavy (non-hydrogen) atoms. The summed E-state index contributed by atoms with van der Waals surface area (Å²) >= 11 is 1.30. The van der Waals surface area contributed by atoms with Crippen molar-refractivity contribution in [3.05, 3.63) is 65.7 Å². The third-order valence-corrected chi connectivity index (χ3v) is 6.33. The largest absolute Gasteiger partial charge is 0.411 e. The molecule has 1 aliphatic rings. The van der Waals surface area contributed by atoms with Crippen molar-refractivity contribution in [2.75, 3.05) is 31.9 Å². The smallest absolute Gasteiger partial charge is 0.277 e. The van der Waals surface area contributed by atoms with Gasteiger partial charge in [0.15, 0.2) is 0 Å². The van der Waals surface area contributed by atoms with Crippen molar-refractivity contribution >= 4 is 17.7 Å². The van der Waals surface area contributed by atoms with Crippen molar-refractivity contribution in [1.82, 2.24) is 20.0 Å². The van der Waals surface area contributed by atoms with E-state index in [1.165, 1.54) is 22.9 Å². The van der Waals surface area contributed by atoms with Crippen molar-refractivity contribution in [2.45, 2.75) is 31.5 Å². The number of hydrogen-bond donors (Lipinski definition) is 0. The first-order valence-corrected chi connectivity index (χ1v) is 11.7. The normalized spacial score (nSPS) is 14.9. The monoisotopic (exact) mass is 436 g/mol. The Morgan fingerprint density at radius 1 is 1.00 bits per heavy atom. The second-order valence-corrected chi connectivity index (χ2v) is 9.01. The average Bonchev–Trinajstić information content (AvgIpc) is 3.28. The van der Waals surface area contributed by atoms with Crippen molar-refractivity contribution in [2.24, 2.45) is 0 Å². The Morgan fingerprint density at radius 3 is 2.39 bits per heavy atom. The van der Waals surface area contributed by atoms with Crippen LogP contribution in [-0.4, -0.2) is 57.8 Å². The Bertz CT molecular complexity index is 980. The molecule has 4 rings (SSSR count).